The van der Waals surface area contributed by atoms with Crippen LogP contribution in [0.15, 0.2) is 48.5 Å². The van der Waals surface area contributed by atoms with Crippen molar-refractivity contribution in [1.82, 2.24) is 4.31 Å². The van der Waals surface area contributed by atoms with E-state index in [0.717, 1.165) is 21.7 Å². The van der Waals surface area contributed by atoms with Crippen molar-refractivity contribution in [3.63, 3.8) is 0 Å². The molecule has 27 heavy (non-hydrogen) atoms. The summed E-state index contributed by atoms with van der Waals surface area (Å²) < 4.78 is 38.2. The van der Waals surface area contributed by atoms with Gasteiger partial charge in [0, 0.05) is 12.2 Å². The molecule has 0 heterocycles. The normalized spacial score (nSPS) is 11.8. The monoisotopic (exact) mass is 392 g/mol. The summed E-state index contributed by atoms with van der Waals surface area (Å²) >= 11 is 0. The molecule has 146 valence electrons. The van der Waals surface area contributed by atoms with Gasteiger partial charge in [0.2, 0.25) is 15.9 Å². The Balaban J connectivity index is 2.05. The fraction of sp³-hybridized carbons (Fsp3) is 0.350. The van der Waals surface area contributed by atoms with Crippen LogP contribution in [0.4, 0.5) is 10.1 Å². The van der Waals surface area contributed by atoms with Gasteiger partial charge in [0.1, 0.15) is 5.82 Å². The van der Waals surface area contributed by atoms with Crippen molar-refractivity contribution in [2.45, 2.75) is 26.2 Å². The predicted octanol–water partition coefficient (Wildman–Crippen LogP) is 3.39. The van der Waals surface area contributed by atoms with E-state index >= 15 is 0 Å². The van der Waals surface area contributed by atoms with Crippen LogP contribution in [-0.2, 0) is 21.2 Å². The summed E-state index contributed by atoms with van der Waals surface area (Å²) in [6.45, 7) is 3.92. The number of nitrogens with one attached hydrogen (secondary N) is 1. The minimum Gasteiger partial charge on any atom is -0.325 e. The highest BCUT2D eigenvalue weighted by molar-refractivity contribution is 7.88. The van der Waals surface area contributed by atoms with Gasteiger partial charge in [0.05, 0.1) is 12.8 Å². The molecule has 2 rings (SSSR count). The number of para-hydroxylation sites is 1. The lowest BCUT2D eigenvalue weighted by Crippen LogP contribution is -2.38. The third kappa shape index (κ3) is 6.45. The SMILES string of the molecule is CC(C)c1ccccc1NC(=O)CN(CCc1ccc(F)cc1)S(C)(=O)=O. The summed E-state index contributed by atoms with van der Waals surface area (Å²) in [6.07, 6.45) is 1.47. The second-order valence-corrected chi connectivity index (χ2v) is 8.75. The van der Waals surface area contributed by atoms with Gasteiger partial charge in [-0.15, -0.1) is 0 Å². The van der Waals surface area contributed by atoms with Gasteiger partial charge in [-0.1, -0.05) is 44.2 Å². The number of hydrogen-bond acceptors (Lipinski definition) is 3. The Kier molecular flexibility index (Phi) is 7.10. The maximum atomic E-state index is 13.0. The Morgan fingerprint density at radius 1 is 1.11 bits per heavy atom. The van der Waals surface area contributed by atoms with Crippen LogP contribution in [-0.4, -0.2) is 38.0 Å². The summed E-state index contributed by atoms with van der Waals surface area (Å²) in [6, 6.07) is 13.3. The average molecular weight is 392 g/mol. The minimum absolute atomic E-state index is 0.143. The molecule has 0 aliphatic rings. The summed E-state index contributed by atoms with van der Waals surface area (Å²) in [5.74, 6) is -0.513. The van der Waals surface area contributed by atoms with Gasteiger partial charge >= 0.3 is 0 Å². The number of amides is 1. The highest BCUT2D eigenvalue weighted by Crippen LogP contribution is 2.23. The second-order valence-electron chi connectivity index (χ2n) is 6.76. The number of halogens is 1. The van der Waals surface area contributed by atoms with E-state index in [1.807, 2.05) is 32.0 Å². The molecule has 0 fully saturated rings. The van der Waals surface area contributed by atoms with E-state index in [1.54, 1.807) is 18.2 Å². The number of sulfonamides is 1. The number of carbonyl (C=O) groups excluding carboxylic acids is 1. The topological polar surface area (TPSA) is 66.5 Å². The fourth-order valence-corrected chi connectivity index (χ4v) is 3.51. The zero-order valence-corrected chi connectivity index (χ0v) is 16.6. The number of hydrogen-bond donors (Lipinski definition) is 1. The van der Waals surface area contributed by atoms with E-state index < -0.39 is 15.9 Å². The molecule has 0 aliphatic carbocycles. The molecule has 1 amide bonds. The van der Waals surface area contributed by atoms with Crippen molar-refractivity contribution in [2.75, 3.05) is 24.7 Å². The molecule has 0 bridgehead atoms. The molecule has 0 aliphatic heterocycles. The van der Waals surface area contributed by atoms with Crippen LogP contribution in [0, 0.1) is 5.82 Å². The van der Waals surface area contributed by atoms with Crippen LogP contribution in [0.1, 0.15) is 30.9 Å². The molecule has 2 aromatic rings. The molecule has 5 nitrogen and oxygen atoms in total. The lowest BCUT2D eigenvalue weighted by atomic mass is 10.0. The molecule has 1 N–H and O–H groups in total. The van der Waals surface area contributed by atoms with Crippen molar-refractivity contribution in [1.29, 1.82) is 0 Å². The maximum absolute atomic E-state index is 13.0. The third-order valence-electron chi connectivity index (χ3n) is 4.21. The minimum atomic E-state index is -3.56. The van der Waals surface area contributed by atoms with E-state index in [1.165, 1.54) is 12.1 Å². The fourth-order valence-electron chi connectivity index (χ4n) is 2.73. The number of anilines is 1. The first-order valence-electron chi connectivity index (χ1n) is 8.75. The van der Waals surface area contributed by atoms with Gasteiger partial charge in [-0.25, -0.2) is 12.8 Å². The van der Waals surface area contributed by atoms with E-state index in [2.05, 4.69) is 5.32 Å². The largest absolute Gasteiger partial charge is 0.325 e. The van der Waals surface area contributed by atoms with Crippen LogP contribution in [0.25, 0.3) is 0 Å². The van der Waals surface area contributed by atoms with Crippen LogP contribution in [0.5, 0.6) is 0 Å². The standard InChI is InChI=1S/C20H25FN2O3S/c1-15(2)18-6-4-5-7-19(18)22-20(24)14-23(27(3,25)26)13-12-16-8-10-17(21)11-9-16/h4-11,15H,12-14H2,1-3H3,(H,22,24). The molecular formula is C20H25FN2O3S. The Morgan fingerprint density at radius 2 is 1.74 bits per heavy atom. The number of nitrogens with zero attached hydrogens (tertiary/aromatic N) is 1. The van der Waals surface area contributed by atoms with Crippen LogP contribution in [0.2, 0.25) is 0 Å². The van der Waals surface area contributed by atoms with Crippen molar-refractivity contribution in [2.24, 2.45) is 0 Å². The van der Waals surface area contributed by atoms with Gasteiger partial charge in [-0.3, -0.25) is 4.79 Å². The van der Waals surface area contributed by atoms with Gasteiger partial charge < -0.3 is 5.32 Å². The van der Waals surface area contributed by atoms with Crippen molar-refractivity contribution >= 4 is 21.6 Å². The zero-order valence-electron chi connectivity index (χ0n) is 15.8. The molecule has 0 unspecified atom stereocenters. The average Bonchev–Trinajstić information content (AvgIpc) is 2.59. The number of benzene rings is 2. The van der Waals surface area contributed by atoms with Crippen molar-refractivity contribution in [3.8, 4) is 0 Å². The second kappa shape index (κ2) is 9.10. The van der Waals surface area contributed by atoms with Gasteiger partial charge in [0.15, 0.2) is 0 Å². The molecule has 0 aromatic heterocycles. The Bertz CT molecular complexity index is 880. The molecule has 0 spiro atoms. The number of carbonyl (C=O) groups is 1. The summed E-state index contributed by atoms with van der Waals surface area (Å²) in [5, 5.41) is 2.81. The van der Waals surface area contributed by atoms with E-state index in [0.29, 0.717) is 12.1 Å². The molecule has 0 radical (unpaired) electrons. The Hall–Kier alpha value is -2.25. The van der Waals surface area contributed by atoms with Gasteiger partial charge in [0.25, 0.3) is 0 Å². The van der Waals surface area contributed by atoms with Crippen molar-refractivity contribution in [3.05, 3.63) is 65.5 Å². The number of rotatable bonds is 8. The first kappa shape index (κ1) is 21.1. The quantitative estimate of drug-likeness (QED) is 0.749. The molecular weight excluding hydrogens is 367 g/mol. The predicted molar refractivity (Wildman–Crippen MR) is 106 cm³/mol. The molecule has 0 saturated heterocycles. The zero-order chi connectivity index (χ0) is 20.0. The highest BCUT2D eigenvalue weighted by Gasteiger charge is 2.20. The Labute approximate surface area is 160 Å². The van der Waals surface area contributed by atoms with Gasteiger partial charge in [-0.05, 0) is 41.7 Å². The van der Waals surface area contributed by atoms with Crippen molar-refractivity contribution < 1.29 is 17.6 Å². The highest BCUT2D eigenvalue weighted by atomic mass is 32.2. The van der Waals surface area contributed by atoms with Crippen LogP contribution in [0.3, 0.4) is 0 Å². The molecule has 0 saturated carbocycles. The maximum Gasteiger partial charge on any atom is 0.239 e. The smallest absolute Gasteiger partial charge is 0.239 e. The first-order chi connectivity index (χ1) is 12.7. The summed E-state index contributed by atoms with van der Waals surface area (Å²) in [5.41, 5.74) is 2.48. The molecule has 0 atom stereocenters. The van der Waals surface area contributed by atoms with Crippen LogP contribution >= 0.6 is 0 Å². The lowest BCUT2D eigenvalue weighted by molar-refractivity contribution is -0.116. The molecule has 2 aromatic carbocycles. The molecule has 7 heteroatoms. The van der Waals surface area contributed by atoms with Crippen LogP contribution < -0.4 is 5.32 Å². The first-order valence-corrected chi connectivity index (χ1v) is 10.6. The van der Waals surface area contributed by atoms with Gasteiger partial charge in [-0.2, -0.15) is 4.31 Å². The van der Waals surface area contributed by atoms with E-state index in [9.17, 15) is 17.6 Å². The Morgan fingerprint density at radius 3 is 2.33 bits per heavy atom. The summed E-state index contributed by atoms with van der Waals surface area (Å²) in [7, 11) is -3.56. The third-order valence-corrected chi connectivity index (χ3v) is 5.46. The lowest BCUT2D eigenvalue weighted by Gasteiger charge is -2.20. The van der Waals surface area contributed by atoms with E-state index in [-0.39, 0.29) is 24.8 Å². The van der Waals surface area contributed by atoms with E-state index in [4.69, 9.17) is 0 Å². The summed E-state index contributed by atoms with van der Waals surface area (Å²) in [4.78, 5) is 12.4.